The van der Waals surface area contributed by atoms with Crippen LogP contribution in [-0.2, 0) is 6.54 Å². The third-order valence-electron chi connectivity index (χ3n) is 4.98. The highest BCUT2D eigenvalue weighted by Crippen LogP contribution is 2.33. The van der Waals surface area contributed by atoms with Gasteiger partial charge in [-0.3, -0.25) is 0 Å². The normalized spacial score (nSPS) is 23.9. The third-order valence-corrected chi connectivity index (χ3v) is 4.98. The molecule has 0 aromatic heterocycles. The van der Waals surface area contributed by atoms with Gasteiger partial charge in [0.2, 0.25) is 0 Å². The van der Waals surface area contributed by atoms with E-state index in [1.54, 1.807) is 0 Å². The van der Waals surface area contributed by atoms with Crippen LogP contribution in [0.2, 0.25) is 0 Å². The van der Waals surface area contributed by atoms with Crippen molar-refractivity contribution in [1.29, 1.82) is 0 Å². The fourth-order valence-electron chi connectivity index (χ4n) is 3.56. The lowest BCUT2D eigenvalue weighted by molar-refractivity contribution is 0.264. The van der Waals surface area contributed by atoms with E-state index in [4.69, 9.17) is 16.2 Å². The van der Waals surface area contributed by atoms with Crippen LogP contribution in [-0.4, -0.2) is 25.0 Å². The Morgan fingerprint density at radius 2 is 1.92 bits per heavy atom. The molecule has 5 nitrogen and oxygen atoms in total. The minimum atomic E-state index is -0.145. The van der Waals surface area contributed by atoms with Crippen LogP contribution in [0.1, 0.15) is 38.2 Å². The molecule has 0 bridgehead atoms. The molecule has 1 heterocycles. The van der Waals surface area contributed by atoms with E-state index >= 15 is 0 Å². The molecule has 0 saturated heterocycles. The second kappa shape index (κ2) is 11.9. The molecule has 0 spiro atoms. The van der Waals surface area contributed by atoms with Gasteiger partial charge in [-0.2, -0.15) is 0 Å². The maximum atomic E-state index is 5.87. The number of nitrogens with one attached hydrogen (secondary N) is 1. The van der Waals surface area contributed by atoms with Gasteiger partial charge in [-0.1, -0.05) is 12.5 Å². The predicted octanol–water partition coefficient (Wildman–Crippen LogP) is 3.58. The van der Waals surface area contributed by atoms with Gasteiger partial charge in [0.25, 0.3) is 0 Å². The van der Waals surface area contributed by atoms with Gasteiger partial charge in [-0.15, -0.1) is 37.2 Å². The molecule has 3 rings (SSSR count). The van der Waals surface area contributed by atoms with E-state index in [-0.39, 0.29) is 43.3 Å². The van der Waals surface area contributed by atoms with Crippen molar-refractivity contribution in [2.75, 3.05) is 13.1 Å². The van der Waals surface area contributed by atoms with E-state index in [1.807, 2.05) is 13.0 Å². The number of halogens is 3. The summed E-state index contributed by atoms with van der Waals surface area (Å²) in [7, 11) is 0. The summed E-state index contributed by atoms with van der Waals surface area (Å²) < 4.78 is 5.73. The molecule has 3 unspecified atom stereocenters. The number of nitrogens with two attached hydrogens (primary N) is 2. The summed E-state index contributed by atoms with van der Waals surface area (Å²) in [5.74, 6) is 2.83. The molecule has 5 N–H and O–H groups in total. The number of amidine groups is 1. The Hall–Kier alpha value is -0.720. The number of fused-ring (bicyclic) bond motifs is 1. The van der Waals surface area contributed by atoms with Crippen molar-refractivity contribution in [3.8, 4) is 5.75 Å². The zero-order valence-electron chi connectivity index (χ0n) is 15.1. The molecule has 0 radical (unpaired) electrons. The van der Waals surface area contributed by atoms with Crippen molar-refractivity contribution < 1.29 is 4.74 Å². The number of ether oxygens (including phenoxy) is 1. The first-order chi connectivity index (χ1) is 11.2. The molecular formula is C18H31Cl3N4O. The van der Waals surface area contributed by atoms with Crippen LogP contribution in [0.25, 0.3) is 0 Å². The minimum absolute atomic E-state index is 0. The van der Waals surface area contributed by atoms with Gasteiger partial charge >= 0.3 is 0 Å². The van der Waals surface area contributed by atoms with Gasteiger partial charge < -0.3 is 21.5 Å². The highest BCUT2D eigenvalue weighted by Gasteiger charge is 2.21. The largest absolute Gasteiger partial charge is 0.481 e. The van der Waals surface area contributed by atoms with Crippen molar-refractivity contribution in [1.82, 2.24) is 5.32 Å². The number of aliphatic imine (C=N–C) groups is 1. The fraction of sp³-hybridized carbons (Fsp3) is 0.611. The Labute approximate surface area is 174 Å². The Bertz CT molecular complexity index is 586. The predicted molar refractivity (Wildman–Crippen MR) is 116 cm³/mol. The number of nitrogens with zero attached hydrogens (tertiary/aromatic N) is 1. The second-order valence-electron chi connectivity index (χ2n) is 6.86. The molecule has 150 valence electrons. The summed E-state index contributed by atoms with van der Waals surface area (Å²) >= 11 is 0. The number of rotatable bonds is 5. The molecule has 1 aliphatic heterocycles. The Kier molecular flexibility index (Phi) is 11.6. The van der Waals surface area contributed by atoms with E-state index in [0.29, 0.717) is 5.84 Å². The van der Waals surface area contributed by atoms with Gasteiger partial charge in [0.05, 0.1) is 0 Å². The monoisotopic (exact) mass is 424 g/mol. The lowest BCUT2D eigenvalue weighted by Crippen LogP contribution is -2.33. The van der Waals surface area contributed by atoms with Crippen molar-refractivity contribution in [3.63, 3.8) is 0 Å². The van der Waals surface area contributed by atoms with Crippen molar-refractivity contribution in [2.45, 2.75) is 45.3 Å². The average molecular weight is 426 g/mol. The Morgan fingerprint density at radius 3 is 2.65 bits per heavy atom. The van der Waals surface area contributed by atoms with E-state index < -0.39 is 0 Å². The standard InChI is InChI=1S/C18H28N4O.3ClH/c1-12-18(20)22-16-8-15(5-6-17(16)23-12)11-21-10-14-4-2-3-13(7-14)9-19;;;/h5-6,8,12-14,21H,2-4,7,9-11,19H2,1H3,(H2,20,22);3*1H. The summed E-state index contributed by atoms with van der Waals surface area (Å²) in [6, 6.07) is 6.15. The van der Waals surface area contributed by atoms with Crippen molar-refractivity contribution >= 4 is 48.7 Å². The van der Waals surface area contributed by atoms with E-state index in [9.17, 15) is 0 Å². The Morgan fingerprint density at radius 1 is 1.19 bits per heavy atom. The maximum absolute atomic E-state index is 5.87. The average Bonchev–Trinajstić information content (AvgIpc) is 2.56. The fourth-order valence-corrected chi connectivity index (χ4v) is 3.56. The van der Waals surface area contributed by atoms with Crippen LogP contribution in [0.3, 0.4) is 0 Å². The Balaban J connectivity index is 0.00000208. The number of hydrogen-bond donors (Lipinski definition) is 3. The summed E-state index contributed by atoms with van der Waals surface area (Å²) in [6.07, 6.45) is 5.06. The smallest absolute Gasteiger partial charge is 0.153 e. The third kappa shape index (κ3) is 6.46. The van der Waals surface area contributed by atoms with Crippen molar-refractivity contribution in [3.05, 3.63) is 23.8 Å². The van der Waals surface area contributed by atoms with Crippen LogP contribution in [0.5, 0.6) is 5.75 Å². The van der Waals surface area contributed by atoms with Gasteiger partial charge in [0.15, 0.2) is 6.10 Å². The van der Waals surface area contributed by atoms with Crippen molar-refractivity contribution in [2.24, 2.45) is 28.3 Å². The molecular weight excluding hydrogens is 395 g/mol. The summed E-state index contributed by atoms with van der Waals surface area (Å²) in [6.45, 7) is 4.66. The number of benzene rings is 1. The molecule has 3 atom stereocenters. The highest BCUT2D eigenvalue weighted by molar-refractivity contribution is 5.89. The van der Waals surface area contributed by atoms with Gasteiger partial charge in [-0.05, 0) is 68.8 Å². The lowest BCUT2D eigenvalue weighted by atomic mass is 9.81. The van der Waals surface area contributed by atoms with Crippen LogP contribution < -0.4 is 21.5 Å². The zero-order chi connectivity index (χ0) is 16.2. The first kappa shape index (κ1) is 25.3. The molecule has 26 heavy (non-hydrogen) atoms. The van der Waals surface area contributed by atoms with Gasteiger partial charge in [0, 0.05) is 6.54 Å². The molecule has 0 amide bonds. The lowest BCUT2D eigenvalue weighted by Gasteiger charge is -2.28. The summed E-state index contributed by atoms with van der Waals surface area (Å²) in [4.78, 5) is 4.43. The quantitative estimate of drug-likeness (QED) is 0.673. The highest BCUT2D eigenvalue weighted by atomic mass is 35.5. The van der Waals surface area contributed by atoms with Crippen LogP contribution in [0.4, 0.5) is 5.69 Å². The number of hydrogen-bond acceptors (Lipinski definition) is 5. The maximum Gasteiger partial charge on any atom is 0.153 e. The van der Waals surface area contributed by atoms with E-state index in [0.717, 1.165) is 42.9 Å². The molecule has 1 aliphatic carbocycles. The van der Waals surface area contributed by atoms with E-state index in [1.165, 1.54) is 31.2 Å². The molecule has 1 aromatic rings. The zero-order valence-corrected chi connectivity index (χ0v) is 17.6. The molecule has 1 saturated carbocycles. The molecule has 8 heteroatoms. The summed E-state index contributed by atoms with van der Waals surface area (Å²) in [5, 5.41) is 3.58. The van der Waals surface area contributed by atoms with Crippen LogP contribution in [0.15, 0.2) is 23.2 Å². The van der Waals surface area contributed by atoms with Gasteiger partial charge in [-0.25, -0.2) is 4.99 Å². The first-order valence-corrected chi connectivity index (χ1v) is 8.70. The van der Waals surface area contributed by atoms with Crippen LogP contribution >= 0.6 is 37.2 Å². The second-order valence-corrected chi connectivity index (χ2v) is 6.86. The van der Waals surface area contributed by atoms with E-state index in [2.05, 4.69) is 22.4 Å². The van der Waals surface area contributed by atoms with Crippen LogP contribution in [0, 0.1) is 11.8 Å². The topological polar surface area (TPSA) is 85.7 Å². The molecule has 1 fully saturated rings. The summed E-state index contributed by atoms with van der Waals surface area (Å²) in [5.41, 5.74) is 13.7. The molecule has 1 aromatic carbocycles. The molecule has 2 aliphatic rings. The minimum Gasteiger partial charge on any atom is -0.481 e. The van der Waals surface area contributed by atoms with Gasteiger partial charge in [0.1, 0.15) is 17.3 Å². The SMILES string of the molecule is CC1Oc2ccc(CNCC3CCCC(CN)C3)cc2N=C1N.Cl.Cl.Cl. The first-order valence-electron chi connectivity index (χ1n) is 8.70.